The van der Waals surface area contributed by atoms with Crippen LogP contribution in [0.1, 0.15) is 25.7 Å². The third-order valence-corrected chi connectivity index (χ3v) is 4.01. The lowest BCUT2D eigenvalue weighted by Crippen LogP contribution is -2.29. The van der Waals surface area contributed by atoms with E-state index in [-0.39, 0.29) is 23.3 Å². The van der Waals surface area contributed by atoms with Gasteiger partial charge in [0.25, 0.3) is 6.43 Å². The highest BCUT2D eigenvalue weighted by Gasteiger charge is 2.30. The predicted octanol–water partition coefficient (Wildman–Crippen LogP) is 3.30. The van der Waals surface area contributed by atoms with Gasteiger partial charge in [-0.05, 0) is 37.8 Å². The Balaban J connectivity index is 2.00. The number of hydrogen-bond acceptors (Lipinski definition) is 3. The van der Waals surface area contributed by atoms with E-state index in [2.05, 4.69) is 5.32 Å². The number of carbonyl (C=O) groups is 2. The van der Waals surface area contributed by atoms with E-state index in [4.69, 9.17) is 9.84 Å². The lowest BCUT2D eigenvalue weighted by Gasteiger charge is -2.25. The lowest BCUT2D eigenvalue weighted by atomic mass is 9.81. The van der Waals surface area contributed by atoms with Gasteiger partial charge in [-0.2, -0.15) is 0 Å². The van der Waals surface area contributed by atoms with Crippen LogP contribution in [-0.2, 0) is 9.59 Å². The van der Waals surface area contributed by atoms with E-state index in [0.29, 0.717) is 25.7 Å². The van der Waals surface area contributed by atoms with Crippen molar-refractivity contribution in [2.75, 3.05) is 11.9 Å². The van der Waals surface area contributed by atoms with E-state index in [9.17, 15) is 22.8 Å². The van der Waals surface area contributed by atoms with Gasteiger partial charge in [-0.3, -0.25) is 9.59 Å². The molecule has 1 saturated carbocycles. The van der Waals surface area contributed by atoms with E-state index in [1.54, 1.807) is 0 Å². The van der Waals surface area contributed by atoms with Crippen LogP contribution in [0.4, 0.5) is 18.9 Å². The van der Waals surface area contributed by atoms with Gasteiger partial charge in [-0.15, -0.1) is 0 Å². The molecule has 24 heavy (non-hydrogen) atoms. The Morgan fingerprint density at radius 1 is 1.21 bits per heavy atom. The highest BCUT2D eigenvalue weighted by atomic mass is 19.3. The molecule has 0 saturated heterocycles. The molecule has 1 aromatic carbocycles. The number of ether oxygens (including phenoxy) is 1. The standard InChI is InChI=1S/C16H18F3NO4/c17-11-5-6-12(13(7-11)24-8-14(18)19)20-15(21)9-1-3-10(4-2-9)16(22)23/h5-7,9-10,14H,1-4,8H2,(H,20,21)(H,22,23). The number of anilines is 1. The molecule has 1 aromatic rings. The minimum atomic E-state index is -2.72. The molecule has 1 aliphatic rings. The van der Waals surface area contributed by atoms with Crippen LogP contribution in [0.2, 0.25) is 0 Å². The van der Waals surface area contributed by atoms with Gasteiger partial charge >= 0.3 is 5.97 Å². The number of amides is 1. The number of carboxylic acid groups (broad SMARTS) is 1. The number of hydrogen-bond donors (Lipinski definition) is 2. The fraction of sp³-hybridized carbons (Fsp3) is 0.500. The number of halogens is 3. The van der Waals surface area contributed by atoms with Crippen LogP contribution in [0, 0.1) is 17.7 Å². The molecule has 0 atom stereocenters. The van der Waals surface area contributed by atoms with Crippen molar-refractivity contribution in [1.82, 2.24) is 0 Å². The molecule has 2 N–H and O–H groups in total. The van der Waals surface area contributed by atoms with Gasteiger partial charge < -0.3 is 15.2 Å². The van der Waals surface area contributed by atoms with E-state index in [1.807, 2.05) is 0 Å². The van der Waals surface area contributed by atoms with E-state index < -0.39 is 30.7 Å². The summed E-state index contributed by atoms with van der Waals surface area (Å²) in [7, 11) is 0. The van der Waals surface area contributed by atoms with Gasteiger partial charge in [0, 0.05) is 12.0 Å². The summed E-state index contributed by atoms with van der Waals surface area (Å²) in [5, 5.41) is 11.5. The van der Waals surface area contributed by atoms with Gasteiger partial charge in [0.1, 0.15) is 18.2 Å². The summed E-state index contributed by atoms with van der Waals surface area (Å²) in [4.78, 5) is 23.2. The van der Waals surface area contributed by atoms with Crippen molar-refractivity contribution >= 4 is 17.6 Å². The van der Waals surface area contributed by atoms with Crippen molar-refractivity contribution in [2.24, 2.45) is 11.8 Å². The number of aliphatic carboxylic acids is 1. The molecule has 1 aliphatic carbocycles. The Kier molecular flexibility index (Phi) is 6.05. The minimum absolute atomic E-state index is 0.113. The van der Waals surface area contributed by atoms with Crippen molar-refractivity contribution < 1.29 is 32.6 Å². The van der Waals surface area contributed by atoms with Crippen LogP contribution >= 0.6 is 0 Å². The maximum absolute atomic E-state index is 13.2. The third-order valence-electron chi connectivity index (χ3n) is 4.01. The average Bonchev–Trinajstić information content (AvgIpc) is 2.55. The summed E-state index contributed by atoms with van der Waals surface area (Å²) in [6, 6.07) is 3.27. The summed E-state index contributed by atoms with van der Waals surface area (Å²) >= 11 is 0. The fourth-order valence-corrected chi connectivity index (χ4v) is 2.71. The summed E-state index contributed by atoms with van der Waals surface area (Å²) < 4.78 is 42.6. The highest BCUT2D eigenvalue weighted by Crippen LogP contribution is 2.31. The Labute approximate surface area is 136 Å². The van der Waals surface area contributed by atoms with Crippen LogP contribution in [0.3, 0.4) is 0 Å². The molecule has 0 bridgehead atoms. The summed E-state index contributed by atoms with van der Waals surface area (Å²) in [5.41, 5.74) is 0.113. The monoisotopic (exact) mass is 345 g/mol. The molecule has 0 radical (unpaired) electrons. The van der Waals surface area contributed by atoms with Crippen molar-refractivity contribution in [3.8, 4) is 5.75 Å². The number of rotatable bonds is 6. The third kappa shape index (κ3) is 4.87. The second-order valence-electron chi connectivity index (χ2n) is 5.72. The quantitative estimate of drug-likeness (QED) is 0.829. The second kappa shape index (κ2) is 8.03. The van der Waals surface area contributed by atoms with Crippen LogP contribution in [-0.4, -0.2) is 30.0 Å². The molecule has 0 aromatic heterocycles. The number of alkyl halides is 2. The molecule has 0 heterocycles. The normalized spacial score (nSPS) is 20.7. The van der Waals surface area contributed by atoms with Crippen LogP contribution in [0.15, 0.2) is 18.2 Å². The highest BCUT2D eigenvalue weighted by molar-refractivity contribution is 5.94. The Bertz CT molecular complexity index is 601. The van der Waals surface area contributed by atoms with E-state index in [0.717, 1.165) is 12.1 Å². The maximum atomic E-state index is 13.2. The van der Waals surface area contributed by atoms with Crippen molar-refractivity contribution in [1.29, 1.82) is 0 Å². The molecular weight excluding hydrogens is 327 g/mol. The van der Waals surface area contributed by atoms with E-state index >= 15 is 0 Å². The number of benzene rings is 1. The SMILES string of the molecule is O=C(O)C1CCC(C(=O)Nc2ccc(F)cc2OCC(F)F)CC1. The molecule has 0 unspecified atom stereocenters. The zero-order valence-electron chi connectivity index (χ0n) is 12.8. The second-order valence-corrected chi connectivity index (χ2v) is 5.72. The summed E-state index contributed by atoms with van der Waals surface area (Å²) in [5.74, 6) is -2.86. The van der Waals surface area contributed by atoms with Gasteiger partial charge in [0.15, 0.2) is 0 Å². The van der Waals surface area contributed by atoms with Crippen LogP contribution in [0.5, 0.6) is 5.75 Å². The van der Waals surface area contributed by atoms with Gasteiger partial charge in [0.05, 0.1) is 11.6 Å². The maximum Gasteiger partial charge on any atom is 0.306 e. The molecule has 0 spiro atoms. The molecule has 8 heteroatoms. The summed E-state index contributed by atoms with van der Waals surface area (Å²) in [6.45, 7) is -0.907. The molecule has 1 fully saturated rings. The first-order valence-electron chi connectivity index (χ1n) is 7.61. The van der Waals surface area contributed by atoms with Crippen molar-refractivity contribution in [3.63, 3.8) is 0 Å². The van der Waals surface area contributed by atoms with Gasteiger partial charge in [-0.1, -0.05) is 0 Å². The lowest BCUT2D eigenvalue weighted by molar-refractivity contribution is -0.143. The van der Waals surface area contributed by atoms with Crippen molar-refractivity contribution in [2.45, 2.75) is 32.1 Å². The van der Waals surface area contributed by atoms with Crippen LogP contribution in [0.25, 0.3) is 0 Å². The van der Waals surface area contributed by atoms with E-state index in [1.165, 1.54) is 6.07 Å². The average molecular weight is 345 g/mol. The zero-order chi connectivity index (χ0) is 17.7. The smallest absolute Gasteiger partial charge is 0.306 e. The predicted molar refractivity (Wildman–Crippen MR) is 79.6 cm³/mol. The minimum Gasteiger partial charge on any atom is -0.485 e. The largest absolute Gasteiger partial charge is 0.485 e. The van der Waals surface area contributed by atoms with Crippen LogP contribution < -0.4 is 10.1 Å². The molecule has 5 nitrogen and oxygen atoms in total. The molecule has 132 valence electrons. The topological polar surface area (TPSA) is 75.6 Å². The first kappa shape index (κ1) is 18.1. The first-order valence-corrected chi connectivity index (χ1v) is 7.61. The molecule has 2 rings (SSSR count). The Hall–Kier alpha value is -2.25. The Morgan fingerprint density at radius 3 is 2.42 bits per heavy atom. The number of carboxylic acids is 1. The molecule has 0 aliphatic heterocycles. The summed E-state index contributed by atoms with van der Waals surface area (Å²) in [6.07, 6.45) is -1.05. The fourth-order valence-electron chi connectivity index (χ4n) is 2.71. The van der Waals surface area contributed by atoms with Gasteiger partial charge in [0.2, 0.25) is 5.91 Å². The molecule has 1 amide bonds. The zero-order valence-corrected chi connectivity index (χ0v) is 12.8. The Morgan fingerprint density at radius 2 is 1.83 bits per heavy atom. The number of carbonyl (C=O) groups excluding carboxylic acids is 1. The number of nitrogens with one attached hydrogen (secondary N) is 1. The van der Waals surface area contributed by atoms with Crippen molar-refractivity contribution in [3.05, 3.63) is 24.0 Å². The van der Waals surface area contributed by atoms with Gasteiger partial charge in [-0.25, -0.2) is 13.2 Å². The first-order chi connectivity index (χ1) is 11.4. The molecular formula is C16H18F3NO4.